The molecule has 1 atom stereocenters. The quantitative estimate of drug-likeness (QED) is 0.682. The zero-order valence-corrected chi connectivity index (χ0v) is 16.5. The maximum Gasteiger partial charge on any atom is 0.262 e. The molecule has 5 nitrogen and oxygen atoms in total. The number of ether oxygens (including phenoxy) is 1. The van der Waals surface area contributed by atoms with Crippen LogP contribution in [0, 0.1) is 5.92 Å². The van der Waals surface area contributed by atoms with Crippen molar-refractivity contribution >= 4 is 38.9 Å². The number of fused-ring (bicyclic) bond motifs is 2. The molecular formula is C22H22N2O3S. The molecule has 0 radical (unpaired) electrons. The van der Waals surface area contributed by atoms with E-state index in [4.69, 9.17) is 10.5 Å². The summed E-state index contributed by atoms with van der Waals surface area (Å²) in [5.41, 5.74) is 7.06. The molecule has 28 heavy (non-hydrogen) atoms. The Labute approximate surface area is 167 Å². The van der Waals surface area contributed by atoms with Crippen LogP contribution >= 0.6 is 11.3 Å². The minimum atomic E-state index is -0.488. The number of amides is 2. The van der Waals surface area contributed by atoms with E-state index < -0.39 is 5.91 Å². The predicted molar refractivity (Wildman–Crippen MR) is 112 cm³/mol. The van der Waals surface area contributed by atoms with E-state index in [-0.39, 0.29) is 12.5 Å². The fourth-order valence-electron chi connectivity index (χ4n) is 3.67. The van der Waals surface area contributed by atoms with E-state index in [9.17, 15) is 9.59 Å². The Balaban J connectivity index is 1.46. The summed E-state index contributed by atoms with van der Waals surface area (Å²) in [6.07, 6.45) is 2.78. The molecule has 3 aromatic rings. The minimum Gasteiger partial charge on any atom is -0.484 e. The predicted octanol–water partition coefficient (Wildman–Crippen LogP) is 4.14. The van der Waals surface area contributed by atoms with Crippen molar-refractivity contribution in [2.45, 2.75) is 26.2 Å². The summed E-state index contributed by atoms with van der Waals surface area (Å²) in [6, 6.07) is 13.7. The van der Waals surface area contributed by atoms with Crippen LogP contribution in [0.25, 0.3) is 10.8 Å². The second-order valence-electron chi connectivity index (χ2n) is 7.27. The third-order valence-corrected chi connectivity index (χ3v) is 6.27. The van der Waals surface area contributed by atoms with E-state index in [2.05, 4.69) is 12.2 Å². The summed E-state index contributed by atoms with van der Waals surface area (Å²) in [5, 5.41) is 5.53. The monoisotopic (exact) mass is 394 g/mol. The molecule has 0 aliphatic heterocycles. The van der Waals surface area contributed by atoms with Crippen LogP contribution in [0.3, 0.4) is 0 Å². The summed E-state index contributed by atoms with van der Waals surface area (Å²) in [4.78, 5) is 25.5. The Morgan fingerprint density at radius 2 is 2.00 bits per heavy atom. The summed E-state index contributed by atoms with van der Waals surface area (Å²) in [5.74, 6) is 0.412. The third kappa shape index (κ3) is 3.73. The molecular weight excluding hydrogens is 372 g/mol. The maximum atomic E-state index is 12.4. The highest BCUT2D eigenvalue weighted by atomic mass is 32.1. The summed E-state index contributed by atoms with van der Waals surface area (Å²) >= 11 is 1.46. The van der Waals surface area contributed by atoms with Crippen molar-refractivity contribution in [3.63, 3.8) is 0 Å². The number of benzene rings is 2. The number of carbonyl (C=O) groups is 2. The van der Waals surface area contributed by atoms with Crippen LogP contribution in [0.5, 0.6) is 5.75 Å². The van der Waals surface area contributed by atoms with Gasteiger partial charge in [0.15, 0.2) is 6.61 Å². The number of rotatable bonds is 5. The smallest absolute Gasteiger partial charge is 0.262 e. The minimum absolute atomic E-state index is 0.129. The lowest BCUT2D eigenvalue weighted by atomic mass is 9.88. The molecule has 0 saturated heterocycles. The number of hydrogen-bond donors (Lipinski definition) is 2. The number of primary amides is 1. The largest absolute Gasteiger partial charge is 0.484 e. The van der Waals surface area contributed by atoms with Crippen molar-refractivity contribution in [2.75, 3.05) is 11.9 Å². The SMILES string of the molecule is C[C@@H]1CCc2c(sc(NC(=O)COc3ccc4ccccc4c3)c2C(N)=O)C1. The van der Waals surface area contributed by atoms with Crippen molar-refractivity contribution < 1.29 is 14.3 Å². The molecule has 1 aromatic heterocycles. The Bertz CT molecular complexity index is 1060. The van der Waals surface area contributed by atoms with Gasteiger partial charge in [-0.05, 0) is 53.6 Å². The van der Waals surface area contributed by atoms with Gasteiger partial charge in [-0.2, -0.15) is 0 Å². The van der Waals surface area contributed by atoms with Gasteiger partial charge in [-0.15, -0.1) is 11.3 Å². The summed E-state index contributed by atoms with van der Waals surface area (Å²) in [6.45, 7) is 2.07. The number of nitrogens with two attached hydrogens (primary N) is 1. The molecule has 1 aliphatic carbocycles. The Morgan fingerprint density at radius 1 is 1.21 bits per heavy atom. The summed E-state index contributed by atoms with van der Waals surface area (Å²) < 4.78 is 5.64. The molecule has 0 unspecified atom stereocenters. The van der Waals surface area contributed by atoms with Gasteiger partial charge in [-0.1, -0.05) is 37.3 Å². The maximum absolute atomic E-state index is 12.4. The zero-order chi connectivity index (χ0) is 19.7. The van der Waals surface area contributed by atoms with E-state index >= 15 is 0 Å². The highest BCUT2D eigenvalue weighted by Crippen LogP contribution is 2.39. The van der Waals surface area contributed by atoms with Gasteiger partial charge in [0.2, 0.25) is 0 Å². The average Bonchev–Trinajstić information content (AvgIpc) is 3.03. The first-order valence-electron chi connectivity index (χ1n) is 9.37. The highest BCUT2D eigenvalue weighted by molar-refractivity contribution is 7.17. The zero-order valence-electron chi connectivity index (χ0n) is 15.7. The number of nitrogens with one attached hydrogen (secondary N) is 1. The van der Waals surface area contributed by atoms with Crippen molar-refractivity contribution in [2.24, 2.45) is 11.7 Å². The lowest BCUT2D eigenvalue weighted by Crippen LogP contribution is -2.22. The second-order valence-corrected chi connectivity index (χ2v) is 8.37. The molecule has 6 heteroatoms. The average molecular weight is 394 g/mol. The van der Waals surface area contributed by atoms with Gasteiger partial charge >= 0.3 is 0 Å². The van der Waals surface area contributed by atoms with E-state index in [0.29, 0.717) is 22.2 Å². The lowest BCUT2D eigenvalue weighted by Gasteiger charge is -2.18. The van der Waals surface area contributed by atoms with E-state index in [1.807, 2.05) is 42.5 Å². The van der Waals surface area contributed by atoms with Gasteiger partial charge in [-0.3, -0.25) is 9.59 Å². The number of anilines is 1. The van der Waals surface area contributed by atoms with Gasteiger partial charge in [0.05, 0.1) is 5.56 Å². The first-order valence-corrected chi connectivity index (χ1v) is 10.2. The van der Waals surface area contributed by atoms with Gasteiger partial charge in [0.1, 0.15) is 10.8 Å². The van der Waals surface area contributed by atoms with Crippen LogP contribution in [0.1, 0.15) is 34.1 Å². The lowest BCUT2D eigenvalue weighted by molar-refractivity contribution is -0.118. The first kappa shape index (κ1) is 18.5. The Hall–Kier alpha value is -2.86. The summed E-state index contributed by atoms with van der Waals surface area (Å²) in [7, 11) is 0. The number of carbonyl (C=O) groups excluding carboxylic acids is 2. The molecule has 4 rings (SSSR count). The molecule has 1 aliphatic rings. The van der Waals surface area contributed by atoms with E-state index in [0.717, 1.165) is 40.5 Å². The Morgan fingerprint density at radius 3 is 2.79 bits per heavy atom. The van der Waals surface area contributed by atoms with Crippen LogP contribution < -0.4 is 15.8 Å². The molecule has 2 aromatic carbocycles. The van der Waals surface area contributed by atoms with Crippen LogP contribution in [0.15, 0.2) is 42.5 Å². The van der Waals surface area contributed by atoms with E-state index in [1.165, 1.54) is 11.3 Å². The fourth-order valence-corrected chi connectivity index (χ4v) is 5.10. The third-order valence-electron chi connectivity index (χ3n) is 5.10. The molecule has 0 fully saturated rings. The van der Waals surface area contributed by atoms with Crippen LogP contribution in [-0.2, 0) is 17.6 Å². The topological polar surface area (TPSA) is 81.4 Å². The van der Waals surface area contributed by atoms with Crippen molar-refractivity contribution in [1.29, 1.82) is 0 Å². The number of hydrogen-bond acceptors (Lipinski definition) is 4. The molecule has 3 N–H and O–H groups in total. The van der Waals surface area contributed by atoms with Gasteiger partial charge in [-0.25, -0.2) is 0 Å². The first-order chi connectivity index (χ1) is 13.5. The second kappa shape index (κ2) is 7.64. The standard InChI is InChI=1S/C22H22N2O3S/c1-13-6-9-17-18(10-13)28-22(20(17)21(23)26)24-19(25)12-27-16-8-7-14-4-2-3-5-15(14)11-16/h2-5,7-8,11,13H,6,9-10,12H2,1H3,(H2,23,26)(H,24,25)/t13-/m1/s1. The van der Waals surface area contributed by atoms with Crippen LogP contribution in [0.4, 0.5) is 5.00 Å². The van der Waals surface area contributed by atoms with Crippen molar-refractivity contribution in [1.82, 2.24) is 0 Å². The Kier molecular flexibility index (Phi) is 5.05. The molecule has 0 saturated carbocycles. The normalized spacial score (nSPS) is 15.8. The fraction of sp³-hybridized carbons (Fsp3) is 0.273. The highest BCUT2D eigenvalue weighted by Gasteiger charge is 2.27. The van der Waals surface area contributed by atoms with Crippen LogP contribution in [-0.4, -0.2) is 18.4 Å². The van der Waals surface area contributed by atoms with Crippen molar-refractivity contribution in [3.05, 3.63) is 58.5 Å². The molecule has 2 amide bonds. The van der Waals surface area contributed by atoms with Gasteiger partial charge < -0.3 is 15.8 Å². The molecule has 0 bridgehead atoms. The van der Waals surface area contributed by atoms with Crippen LogP contribution in [0.2, 0.25) is 0 Å². The van der Waals surface area contributed by atoms with Gasteiger partial charge in [0.25, 0.3) is 11.8 Å². The number of thiophene rings is 1. The van der Waals surface area contributed by atoms with E-state index in [1.54, 1.807) is 0 Å². The molecule has 0 spiro atoms. The van der Waals surface area contributed by atoms with Crippen molar-refractivity contribution in [3.8, 4) is 5.75 Å². The van der Waals surface area contributed by atoms with Gasteiger partial charge in [0, 0.05) is 4.88 Å². The molecule has 144 valence electrons. The molecule has 1 heterocycles.